The Kier molecular flexibility index (Phi) is 6.46. The molecule has 0 bridgehead atoms. The minimum Gasteiger partial charge on any atom is -0.491 e. The smallest absolute Gasteiger partial charge is 0.255 e. The maximum atomic E-state index is 14.3. The van der Waals surface area contributed by atoms with Crippen LogP contribution in [0, 0.1) is 23.5 Å². The van der Waals surface area contributed by atoms with E-state index in [0.717, 1.165) is 12.1 Å². The zero-order valence-electron chi connectivity index (χ0n) is 17.3. The van der Waals surface area contributed by atoms with E-state index in [2.05, 4.69) is 10.3 Å². The molecule has 2 aromatic rings. The van der Waals surface area contributed by atoms with E-state index in [0.29, 0.717) is 13.0 Å². The first-order valence-corrected chi connectivity index (χ1v) is 11.2. The number of nitrogens with one attached hydrogen (secondary N) is 1. The van der Waals surface area contributed by atoms with Crippen LogP contribution in [0.4, 0.5) is 20.2 Å². The number of hydrogen-bond acceptors (Lipinski definition) is 6. The quantitative estimate of drug-likeness (QED) is 0.693. The van der Waals surface area contributed by atoms with Crippen molar-refractivity contribution in [3.05, 3.63) is 42.1 Å². The number of carbonyl (C=O) groups excluding carboxylic acids is 1. The molecule has 2 atom stereocenters. The molecular formula is C20H24F2N4O4S. The second-order valence-corrected chi connectivity index (χ2v) is 9.17. The number of sulfonamides is 1. The number of ether oxygens (including phenoxy) is 1. The van der Waals surface area contributed by atoms with Crippen molar-refractivity contribution >= 4 is 27.3 Å². The van der Waals surface area contributed by atoms with Gasteiger partial charge in [0.2, 0.25) is 11.7 Å². The van der Waals surface area contributed by atoms with E-state index in [4.69, 9.17) is 9.88 Å². The number of methoxy groups -OCH3 is 1. The molecule has 1 aliphatic heterocycles. The van der Waals surface area contributed by atoms with Crippen LogP contribution < -0.4 is 20.1 Å². The van der Waals surface area contributed by atoms with Crippen LogP contribution in [0.15, 0.2) is 35.5 Å². The molecule has 168 valence electrons. The molecule has 3 rings (SSSR count). The highest BCUT2D eigenvalue weighted by atomic mass is 32.2. The molecule has 1 aromatic carbocycles. The molecule has 11 heteroatoms. The first-order chi connectivity index (χ1) is 14.5. The van der Waals surface area contributed by atoms with Crippen molar-refractivity contribution in [3.8, 4) is 5.75 Å². The van der Waals surface area contributed by atoms with Crippen molar-refractivity contribution in [1.82, 2.24) is 4.98 Å². The van der Waals surface area contributed by atoms with Crippen molar-refractivity contribution in [2.24, 2.45) is 17.0 Å². The predicted molar refractivity (Wildman–Crippen MR) is 111 cm³/mol. The Morgan fingerprint density at radius 2 is 2.03 bits per heavy atom. The lowest BCUT2D eigenvalue weighted by molar-refractivity contribution is -0.118. The lowest BCUT2D eigenvalue weighted by Crippen LogP contribution is -2.44. The van der Waals surface area contributed by atoms with Crippen LogP contribution in [0.5, 0.6) is 5.75 Å². The number of nitrogens with two attached hydrogens (primary N) is 1. The van der Waals surface area contributed by atoms with Crippen LogP contribution in [0.3, 0.4) is 0 Å². The molecule has 8 nitrogen and oxygen atoms in total. The highest BCUT2D eigenvalue weighted by Gasteiger charge is 2.42. The first-order valence-electron chi connectivity index (χ1n) is 9.63. The molecule has 0 unspecified atom stereocenters. The number of nitrogens with zero attached hydrogens (tertiary/aromatic N) is 2. The number of rotatable bonds is 6. The van der Waals surface area contributed by atoms with E-state index in [9.17, 15) is 22.0 Å². The fourth-order valence-corrected chi connectivity index (χ4v) is 4.42. The highest BCUT2D eigenvalue weighted by molar-refractivity contribution is 7.89. The summed E-state index contributed by atoms with van der Waals surface area (Å²) in [5.41, 5.74) is 0.472. The van der Waals surface area contributed by atoms with E-state index in [1.165, 1.54) is 25.4 Å². The summed E-state index contributed by atoms with van der Waals surface area (Å²) in [7, 11) is -2.81. The average molecular weight is 454 g/mol. The van der Waals surface area contributed by atoms with E-state index in [-0.39, 0.29) is 34.0 Å². The van der Waals surface area contributed by atoms with Crippen molar-refractivity contribution in [3.63, 3.8) is 0 Å². The van der Waals surface area contributed by atoms with E-state index < -0.39 is 33.6 Å². The number of hydrogen-bond donors (Lipinski definition) is 2. The van der Waals surface area contributed by atoms with Crippen LogP contribution in [0.1, 0.15) is 20.3 Å². The molecule has 0 spiro atoms. The minimum absolute atomic E-state index is 0.0858. The normalized spacial score (nSPS) is 19.0. The third-order valence-electron chi connectivity index (χ3n) is 5.41. The van der Waals surface area contributed by atoms with Gasteiger partial charge >= 0.3 is 0 Å². The minimum atomic E-state index is -4.04. The Balaban J connectivity index is 1.97. The predicted octanol–water partition coefficient (Wildman–Crippen LogP) is 2.51. The Morgan fingerprint density at radius 3 is 2.65 bits per heavy atom. The first kappa shape index (κ1) is 22.9. The van der Waals surface area contributed by atoms with Gasteiger partial charge in [-0.3, -0.25) is 4.79 Å². The monoisotopic (exact) mass is 454 g/mol. The molecule has 0 saturated carbocycles. The largest absolute Gasteiger partial charge is 0.491 e. The topological polar surface area (TPSA) is 115 Å². The molecule has 1 saturated heterocycles. The lowest BCUT2D eigenvalue weighted by Gasteiger charge is -2.31. The zero-order chi connectivity index (χ0) is 22.9. The van der Waals surface area contributed by atoms with Gasteiger partial charge in [-0.2, -0.15) is 4.39 Å². The average Bonchev–Trinajstić information content (AvgIpc) is 3.15. The molecule has 1 amide bonds. The van der Waals surface area contributed by atoms with Gasteiger partial charge < -0.3 is 15.0 Å². The lowest BCUT2D eigenvalue weighted by atomic mass is 9.88. The Morgan fingerprint density at radius 1 is 1.32 bits per heavy atom. The molecule has 1 fully saturated rings. The maximum Gasteiger partial charge on any atom is 0.255 e. The zero-order valence-corrected chi connectivity index (χ0v) is 18.1. The number of halogens is 2. The number of aromatic nitrogens is 1. The van der Waals surface area contributed by atoms with Crippen LogP contribution in [0.2, 0.25) is 0 Å². The number of pyridine rings is 1. The summed E-state index contributed by atoms with van der Waals surface area (Å²) in [6, 6.07) is 4.26. The van der Waals surface area contributed by atoms with Crippen molar-refractivity contribution in [2.75, 3.05) is 23.9 Å². The fourth-order valence-electron chi connectivity index (χ4n) is 3.92. The standard InChI is InChI=1S/C20H24F2N4O4S/c1-11(2)13-7-9-26(15-5-4-14(21)17(22)19(15)30-3)18(13)20(27)25-12-6-8-24-16(10-12)31(23,28)29/h4-6,8,10-11,13,18H,7,9H2,1-3H3,(H2,23,28,29)(H,24,25,27)/t13-,18-/m1/s1. The molecule has 0 radical (unpaired) electrons. The van der Waals surface area contributed by atoms with Gasteiger partial charge in [0.05, 0.1) is 12.8 Å². The number of amides is 1. The van der Waals surface area contributed by atoms with Crippen LogP contribution >= 0.6 is 0 Å². The van der Waals surface area contributed by atoms with E-state index in [1.807, 2.05) is 13.8 Å². The summed E-state index contributed by atoms with van der Waals surface area (Å²) < 4.78 is 56.2. The third-order valence-corrected chi connectivity index (χ3v) is 6.21. The number of carbonyl (C=O) groups is 1. The van der Waals surface area contributed by atoms with Gasteiger partial charge in [-0.05, 0) is 36.5 Å². The third kappa shape index (κ3) is 4.62. The summed E-state index contributed by atoms with van der Waals surface area (Å²) in [5, 5.41) is 7.42. The van der Waals surface area contributed by atoms with E-state index in [1.54, 1.807) is 4.90 Å². The molecule has 31 heavy (non-hydrogen) atoms. The Labute approximate surface area is 179 Å². The molecule has 1 aromatic heterocycles. The van der Waals surface area contributed by atoms with Gasteiger partial charge in [0.15, 0.2) is 16.6 Å². The molecular weight excluding hydrogens is 430 g/mol. The summed E-state index contributed by atoms with van der Waals surface area (Å²) in [6.45, 7) is 4.38. The molecule has 1 aliphatic rings. The van der Waals surface area contributed by atoms with Crippen molar-refractivity contribution in [1.29, 1.82) is 0 Å². The van der Waals surface area contributed by atoms with E-state index >= 15 is 0 Å². The van der Waals surface area contributed by atoms with Gasteiger partial charge in [-0.15, -0.1) is 0 Å². The number of benzene rings is 1. The van der Waals surface area contributed by atoms with Gasteiger partial charge in [0, 0.05) is 24.5 Å². The summed E-state index contributed by atoms with van der Waals surface area (Å²) >= 11 is 0. The molecule has 0 aliphatic carbocycles. The van der Waals surface area contributed by atoms with Crippen molar-refractivity contribution < 1.29 is 26.7 Å². The maximum absolute atomic E-state index is 14.3. The number of primary sulfonamides is 1. The van der Waals surface area contributed by atoms with Gasteiger partial charge in [0.1, 0.15) is 6.04 Å². The van der Waals surface area contributed by atoms with Crippen molar-refractivity contribution in [2.45, 2.75) is 31.3 Å². The Bertz CT molecular complexity index is 1090. The second kappa shape index (κ2) is 8.75. The SMILES string of the molecule is COc1c(N2CC[C@H](C(C)C)[C@@H]2C(=O)Nc2ccnc(S(N)(=O)=O)c2)ccc(F)c1F. The van der Waals surface area contributed by atoms with Gasteiger partial charge in [0.25, 0.3) is 10.0 Å². The highest BCUT2D eigenvalue weighted by Crippen LogP contribution is 2.40. The fraction of sp³-hybridized carbons (Fsp3) is 0.400. The van der Waals surface area contributed by atoms with Crippen LogP contribution in [0.25, 0.3) is 0 Å². The number of anilines is 2. The molecule has 3 N–H and O–H groups in total. The van der Waals surface area contributed by atoms with Crippen LogP contribution in [-0.4, -0.2) is 39.0 Å². The Hall–Kier alpha value is -2.79. The second-order valence-electron chi connectivity index (χ2n) is 7.67. The van der Waals surface area contributed by atoms with Gasteiger partial charge in [-0.25, -0.2) is 22.9 Å². The summed E-state index contributed by atoms with van der Waals surface area (Å²) in [5.74, 6) is -2.84. The van der Waals surface area contributed by atoms with Crippen LogP contribution in [-0.2, 0) is 14.8 Å². The summed E-state index contributed by atoms with van der Waals surface area (Å²) in [4.78, 5) is 18.6. The molecule has 2 heterocycles. The summed E-state index contributed by atoms with van der Waals surface area (Å²) in [6.07, 6.45) is 1.87. The van der Waals surface area contributed by atoms with Gasteiger partial charge in [-0.1, -0.05) is 13.8 Å².